The number of hydrogen-bond acceptors (Lipinski definition) is 3. The molecule has 3 nitrogen and oxygen atoms in total. The Morgan fingerprint density at radius 1 is 1.15 bits per heavy atom. The van der Waals surface area contributed by atoms with Crippen molar-refractivity contribution >= 4 is 10.9 Å². The standard InChI is InChI=1S/C16H13FN2O/c1-10-6-7-11-9-18-16(19-13(11)8-10)15-12(17)4-3-5-14(15)20-2/h3-9H,1-2H3. The molecule has 3 rings (SSSR count). The molecular formula is C16H13FN2O. The van der Waals surface area contributed by atoms with E-state index in [1.165, 1.54) is 13.2 Å². The van der Waals surface area contributed by atoms with Gasteiger partial charge in [-0.1, -0.05) is 18.2 Å². The van der Waals surface area contributed by atoms with Crippen LogP contribution in [0.2, 0.25) is 0 Å². The SMILES string of the molecule is COc1cccc(F)c1-c1ncc2ccc(C)cc2n1. The average molecular weight is 268 g/mol. The van der Waals surface area contributed by atoms with Gasteiger partial charge in [-0.2, -0.15) is 0 Å². The number of aryl methyl sites for hydroxylation is 1. The number of benzene rings is 2. The molecule has 0 aliphatic rings. The predicted octanol–water partition coefficient (Wildman–Crippen LogP) is 3.75. The maximum Gasteiger partial charge on any atom is 0.166 e. The van der Waals surface area contributed by atoms with Gasteiger partial charge >= 0.3 is 0 Å². The van der Waals surface area contributed by atoms with E-state index in [1.54, 1.807) is 18.3 Å². The fourth-order valence-corrected chi connectivity index (χ4v) is 2.15. The molecule has 0 atom stereocenters. The molecule has 1 heterocycles. The summed E-state index contributed by atoms with van der Waals surface area (Å²) < 4.78 is 19.2. The van der Waals surface area contributed by atoms with E-state index in [9.17, 15) is 4.39 Å². The number of methoxy groups -OCH3 is 1. The largest absolute Gasteiger partial charge is 0.496 e. The number of rotatable bonds is 2. The highest BCUT2D eigenvalue weighted by atomic mass is 19.1. The smallest absolute Gasteiger partial charge is 0.166 e. The summed E-state index contributed by atoms with van der Waals surface area (Å²) in [6, 6.07) is 10.6. The topological polar surface area (TPSA) is 35.0 Å². The molecule has 0 saturated heterocycles. The van der Waals surface area contributed by atoms with Crippen LogP contribution in [0.15, 0.2) is 42.6 Å². The predicted molar refractivity (Wildman–Crippen MR) is 76.2 cm³/mol. The van der Waals surface area contributed by atoms with Crippen LogP contribution in [-0.2, 0) is 0 Å². The zero-order valence-electron chi connectivity index (χ0n) is 11.2. The van der Waals surface area contributed by atoms with E-state index in [1.807, 2.05) is 25.1 Å². The molecule has 0 saturated carbocycles. The molecule has 0 N–H and O–H groups in total. The third kappa shape index (κ3) is 2.09. The highest BCUT2D eigenvalue weighted by Gasteiger charge is 2.14. The van der Waals surface area contributed by atoms with Gasteiger partial charge in [-0.15, -0.1) is 0 Å². The second kappa shape index (κ2) is 4.89. The summed E-state index contributed by atoms with van der Waals surface area (Å²) in [5, 5.41) is 0.926. The summed E-state index contributed by atoms with van der Waals surface area (Å²) in [5.41, 5.74) is 2.18. The lowest BCUT2D eigenvalue weighted by Gasteiger charge is -2.09. The number of aromatic nitrogens is 2. The molecule has 0 radical (unpaired) electrons. The molecule has 0 fully saturated rings. The fourth-order valence-electron chi connectivity index (χ4n) is 2.15. The van der Waals surface area contributed by atoms with Crippen molar-refractivity contribution in [2.75, 3.05) is 7.11 Å². The summed E-state index contributed by atoms with van der Waals surface area (Å²) in [7, 11) is 1.50. The van der Waals surface area contributed by atoms with Gasteiger partial charge in [-0.25, -0.2) is 14.4 Å². The molecule has 3 aromatic rings. The van der Waals surface area contributed by atoms with E-state index in [-0.39, 0.29) is 0 Å². The Labute approximate surface area is 116 Å². The molecule has 0 aliphatic heterocycles. The first-order chi connectivity index (χ1) is 9.69. The van der Waals surface area contributed by atoms with Crippen LogP contribution >= 0.6 is 0 Å². The molecule has 0 amide bonds. The number of hydrogen-bond donors (Lipinski definition) is 0. The first kappa shape index (κ1) is 12.5. The van der Waals surface area contributed by atoms with Gasteiger partial charge in [-0.05, 0) is 30.7 Å². The van der Waals surface area contributed by atoms with E-state index in [4.69, 9.17) is 4.74 Å². The van der Waals surface area contributed by atoms with Crippen molar-refractivity contribution in [3.8, 4) is 17.1 Å². The van der Waals surface area contributed by atoms with E-state index in [0.717, 1.165) is 16.5 Å². The minimum absolute atomic E-state index is 0.290. The zero-order valence-corrected chi connectivity index (χ0v) is 11.2. The van der Waals surface area contributed by atoms with E-state index in [0.29, 0.717) is 17.1 Å². The second-order valence-electron chi connectivity index (χ2n) is 4.57. The summed E-state index contributed by atoms with van der Waals surface area (Å²) in [4.78, 5) is 8.69. The maximum absolute atomic E-state index is 14.0. The molecule has 2 aromatic carbocycles. The summed E-state index contributed by atoms with van der Waals surface area (Å²) in [6.45, 7) is 1.99. The summed E-state index contributed by atoms with van der Waals surface area (Å²) in [6.07, 6.45) is 1.70. The van der Waals surface area contributed by atoms with Crippen LogP contribution in [0.4, 0.5) is 4.39 Å². The van der Waals surface area contributed by atoms with Gasteiger partial charge in [0.2, 0.25) is 0 Å². The second-order valence-corrected chi connectivity index (χ2v) is 4.57. The van der Waals surface area contributed by atoms with Crippen LogP contribution in [0.3, 0.4) is 0 Å². The molecular weight excluding hydrogens is 255 g/mol. The first-order valence-corrected chi connectivity index (χ1v) is 6.25. The Kier molecular flexibility index (Phi) is 3.06. The van der Waals surface area contributed by atoms with Gasteiger partial charge in [0.15, 0.2) is 5.82 Å². The van der Waals surface area contributed by atoms with Gasteiger partial charge in [0.05, 0.1) is 18.2 Å². The van der Waals surface area contributed by atoms with Gasteiger partial charge in [0, 0.05) is 11.6 Å². The van der Waals surface area contributed by atoms with Crippen molar-refractivity contribution in [2.24, 2.45) is 0 Å². The number of nitrogens with zero attached hydrogens (tertiary/aromatic N) is 2. The minimum Gasteiger partial charge on any atom is -0.496 e. The van der Waals surface area contributed by atoms with Crippen molar-refractivity contribution in [2.45, 2.75) is 6.92 Å². The molecule has 20 heavy (non-hydrogen) atoms. The molecule has 1 aromatic heterocycles. The van der Waals surface area contributed by atoms with E-state index < -0.39 is 5.82 Å². The summed E-state index contributed by atoms with van der Waals surface area (Å²) in [5.74, 6) is 0.367. The highest BCUT2D eigenvalue weighted by molar-refractivity contribution is 5.81. The molecule has 0 spiro atoms. The quantitative estimate of drug-likeness (QED) is 0.710. The lowest BCUT2D eigenvalue weighted by Crippen LogP contribution is -1.96. The van der Waals surface area contributed by atoms with Crippen molar-refractivity contribution in [1.29, 1.82) is 0 Å². The van der Waals surface area contributed by atoms with Crippen LogP contribution in [0, 0.1) is 12.7 Å². The first-order valence-electron chi connectivity index (χ1n) is 6.25. The van der Waals surface area contributed by atoms with E-state index in [2.05, 4.69) is 9.97 Å². The van der Waals surface area contributed by atoms with Crippen molar-refractivity contribution in [1.82, 2.24) is 9.97 Å². The van der Waals surface area contributed by atoms with Gasteiger partial charge in [-0.3, -0.25) is 0 Å². The molecule has 4 heteroatoms. The molecule has 0 aliphatic carbocycles. The van der Waals surface area contributed by atoms with Crippen LogP contribution in [0.1, 0.15) is 5.56 Å². The Balaban J connectivity index is 2.24. The Morgan fingerprint density at radius 3 is 2.80 bits per heavy atom. The van der Waals surface area contributed by atoms with Crippen molar-refractivity contribution < 1.29 is 9.13 Å². The Hall–Kier alpha value is -2.49. The maximum atomic E-state index is 14.0. The lowest BCUT2D eigenvalue weighted by atomic mass is 10.1. The zero-order chi connectivity index (χ0) is 14.1. The van der Waals surface area contributed by atoms with E-state index >= 15 is 0 Å². The molecule has 0 unspecified atom stereocenters. The van der Waals surface area contributed by atoms with Crippen molar-refractivity contribution in [3.63, 3.8) is 0 Å². The Bertz CT molecular complexity index is 787. The summed E-state index contributed by atoms with van der Waals surface area (Å²) >= 11 is 0. The normalized spacial score (nSPS) is 10.8. The van der Waals surface area contributed by atoms with Crippen LogP contribution in [-0.4, -0.2) is 17.1 Å². The van der Waals surface area contributed by atoms with Crippen LogP contribution in [0.25, 0.3) is 22.3 Å². The monoisotopic (exact) mass is 268 g/mol. The third-order valence-electron chi connectivity index (χ3n) is 3.16. The molecule has 0 bridgehead atoms. The number of fused-ring (bicyclic) bond motifs is 1. The van der Waals surface area contributed by atoms with Crippen LogP contribution < -0.4 is 4.74 Å². The van der Waals surface area contributed by atoms with Crippen LogP contribution in [0.5, 0.6) is 5.75 Å². The van der Waals surface area contributed by atoms with Gasteiger partial charge < -0.3 is 4.74 Å². The van der Waals surface area contributed by atoms with Gasteiger partial charge in [0.1, 0.15) is 11.6 Å². The number of ether oxygens (including phenoxy) is 1. The average Bonchev–Trinajstić information content (AvgIpc) is 2.46. The third-order valence-corrected chi connectivity index (χ3v) is 3.16. The Morgan fingerprint density at radius 2 is 2.00 bits per heavy atom. The van der Waals surface area contributed by atoms with Gasteiger partial charge in [0.25, 0.3) is 0 Å². The highest BCUT2D eigenvalue weighted by Crippen LogP contribution is 2.30. The van der Waals surface area contributed by atoms with Crippen molar-refractivity contribution in [3.05, 3.63) is 54.0 Å². The fraction of sp³-hybridized carbons (Fsp3) is 0.125. The number of halogens is 1. The minimum atomic E-state index is -0.392. The lowest BCUT2D eigenvalue weighted by molar-refractivity contribution is 0.413. The molecule has 100 valence electrons.